The van der Waals surface area contributed by atoms with E-state index in [1.54, 1.807) is 13.8 Å². The van der Waals surface area contributed by atoms with E-state index in [2.05, 4.69) is 10.2 Å². The van der Waals surface area contributed by atoms with Gasteiger partial charge in [0.1, 0.15) is 12.2 Å². The lowest BCUT2D eigenvalue weighted by Gasteiger charge is -2.10. The van der Waals surface area contributed by atoms with E-state index in [9.17, 15) is 4.79 Å². The SMILES string of the molecule is CCCOCCOc1nnc(C)c(C)c1C(=O)O. The molecule has 1 rings (SSSR count). The highest BCUT2D eigenvalue weighted by molar-refractivity contribution is 5.91. The van der Waals surface area contributed by atoms with Gasteiger partial charge in [0.15, 0.2) is 0 Å². The standard InChI is InChI=1S/C12H18N2O4/c1-4-5-17-6-7-18-11-10(12(15)16)8(2)9(3)13-14-11/h4-7H2,1-3H3,(H,15,16). The maximum Gasteiger partial charge on any atom is 0.341 e. The van der Waals surface area contributed by atoms with E-state index >= 15 is 0 Å². The summed E-state index contributed by atoms with van der Waals surface area (Å²) in [5, 5.41) is 16.8. The lowest BCUT2D eigenvalue weighted by molar-refractivity contribution is 0.0681. The zero-order valence-electron chi connectivity index (χ0n) is 10.9. The second-order valence-corrected chi connectivity index (χ2v) is 3.86. The molecule has 1 aromatic rings. The quantitative estimate of drug-likeness (QED) is 0.744. The molecular formula is C12H18N2O4. The topological polar surface area (TPSA) is 81.5 Å². The van der Waals surface area contributed by atoms with Gasteiger partial charge in [0.25, 0.3) is 0 Å². The Morgan fingerprint density at radius 2 is 1.94 bits per heavy atom. The predicted molar refractivity (Wildman–Crippen MR) is 65.1 cm³/mol. The smallest absolute Gasteiger partial charge is 0.341 e. The zero-order valence-corrected chi connectivity index (χ0v) is 10.9. The van der Waals surface area contributed by atoms with E-state index in [-0.39, 0.29) is 18.1 Å². The summed E-state index contributed by atoms with van der Waals surface area (Å²) in [5.41, 5.74) is 1.22. The van der Waals surface area contributed by atoms with Crippen molar-refractivity contribution in [2.45, 2.75) is 27.2 Å². The Morgan fingerprint density at radius 1 is 1.22 bits per heavy atom. The highest BCUT2D eigenvalue weighted by Gasteiger charge is 2.18. The van der Waals surface area contributed by atoms with Crippen LogP contribution in [0.25, 0.3) is 0 Å². The van der Waals surface area contributed by atoms with Crippen LogP contribution in [0.2, 0.25) is 0 Å². The van der Waals surface area contributed by atoms with Gasteiger partial charge in [0.2, 0.25) is 5.88 Å². The molecule has 0 unspecified atom stereocenters. The van der Waals surface area contributed by atoms with Gasteiger partial charge >= 0.3 is 5.97 Å². The van der Waals surface area contributed by atoms with Crippen LogP contribution in [0.4, 0.5) is 0 Å². The third-order valence-electron chi connectivity index (χ3n) is 2.45. The molecule has 0 saturated heterocycles. The van der Waals surface area contributed by atoms with Crippen molar-refractivity contribution in [2.24, 2.45) is 0 Å². The fourth-order valence-corrected chi connectivity index (χ4v) is 1.38. The van der Waals surface area contributed by atoms with Crippen molar-refractivity contribution in [2.75, 3.05) is 19.8 Å². The number of carboxylic acid groups (broad SMARTS) is 1. The van der Waals surface area contributed by atoms with Gasteiger partial charge in [0.05, 0.1) is 12.3 Å². The van der Waals surface area contributed by atoms with Crippen molar-refractivity contribution in [3.8, 4) is 5.88 Å². The van der Waals surface area contributed by atoms with Gasteiger partial charge in [-0.3, -0.25) is 0 Å². The molecule has 6 nitrogen and oxygen atoms in total. The molecule has 0 fully saturated rings. The minimum absolute atomic E-state index is 0.0469. The van der Waals surface area contributed by atoms with E-state index in [1.165, 1.54) is 0 Å². The van der Waals surface area contributed by atoms with E-state index in [1.807, 2.05) is 6.92 Å². The number of rotatable bonds is 7. The highest BCUT2D eigenvalue weighted by Crippen LogP contribution is 2.20. The molecule has 18 heavy (non-hydrogen) atoms. The lowest BCUT2D eigenvalue weighted by atomic mass is 10.1. The van der Waals surface area contributed by atoms with E-state index in [0.717, 1.165) is 6.42 Å². The van der Waals surface area contributed by atoms with Gasteiger partial charge in [0, 0.05) is 6.61 Å². The highest BCUT2D eigenvalue weighted by atomic mass is 16.5. The summed E-state index contributed by atoms with van der Waals surface area (Å²) in [6, 6.07) is 0. The van der Waals surface area contributed by atoms with Crippen LogP contribution in [-0.2, 0) is 4.74 Å². The minimum Gasteiger partial charge on any atom is -0.477 e. The molecule has 1 heterocycles. The number of aryl methyl sites for hydroxylation is 1. The molecule has 0 aromatic carbocycles. The summed E-state index contributed by atoms with van der Waals surface area (Å²) in [4.78, 5) is 11.2. The summed E-state index contributed by atoms with van der Waals surface area (Å²) in [7, 11) is 0. The van der Waals surface area contributed by atoms with Gasteiger partial charge in [-0.2, -0.15) is 5.10 Å². The Labute approximate surface area is 106 Å². The lowest BCUT2D eigenvalue weighted by Crippen LogP contribution is -2.14. The summed E-state index contributed by atoms with van der Waals surface area (Å²) in [5.74, 6) is -1.01. The van der Waals surface area contributed by atoms with Crippen molar-refractivity contribution >= 4 is 5.97 Å². The van der Waals surface area contributed by atoms with Gasteiger partial charge in [-0.15, -0.1) is 5.10 Å². The van der Waals surface area contributed by atoms with Crippen LogP contribution >= 0.6 is 0 Å². The van der Waals surface area contributed by atoms with E-state index in [4.69, 9.17) is 14.6 Å². The number of ether oxygens (including phenoxy) is 2. The first-order valence-electron chi connectivity index (χ1n) is 5.85. The maximum atomic E-state index is 11.2. The van der Waals surface area contributed by atoms with Gasteiger partial charge in [-0.05, 0) is 25.8 Å². The van der Waals surface area contributed by atoms with E-state index < -0.39 is 5.97 Å². The van der Waals surface area contributed by atoms with E-state index in [0.29, 0.717) is 24.5 Å². The summed E-state index contributed by atoms with van der Waals surface area (Å²) < 4.78 is 10.5. The first kappa shape index (κ1) is 14.4. The van der Waals surface area contributed by atoms with Crippen molar-refractivity contribution in [3.05, 3.63) is 16.8 Å². The molecule has 0 aliphatic carbocycles. The number of nitrogens with zero attached hydrogens (tertiary/aromatic N) is 2. The monoisotopic (exact) mass is 254 g/mol. The molecule has 0 radical (unpaired) electrons. The fourth-order valence-electron chi connectivity index (χ4n) is 1.38. The van der Waals surface area contributed by atoms with Crippen molar-refractivity contribution < 1.29 is 19.4 Å². The Balaban J connectivity index is 2.70. The van der Waals surface area contributed by atoms with Crippen molar-refractivity contribution in [1.29, 1.82) is 0 Å². The van der Waals surface area contributed by atoms with Crippen LogP contribution in [0, 0.1) is 13.8 Å². The van der Waals surface area contributed by atoms with Crippen LogP contribution in [0.3, 0.4) is 0 Å². The zero-order chi connectivity index (χ0) is 13.5. The molecule has 1 N–H and O–H groups in total. The largest absolute Gasteiger partial charge is 0.477 e. The average molecular weight is 254 g/mol. The molecule has 0 saturated carbocycles. The molecular weight excluding hydrogens is 236 g/mol. The summed E-state index contributed by atoms with van der Waals surface area (Å²) in [6.07, 6.45) is 0.934. The third kappa shape index (κ3) is 3.66. The molecule has 0 spiro atoms. The number of aromatic carboxylic acids is 1. The van der Waals surface area contributed by atoms with Crippen molar-refractivity contribution in [3.63, 3.8) is 0 Å². The molecule has 0 amide bonds. The molecule has 100 valence electrons. The number of aromatic nitrogens is 2. The van der Waals surface area contributed by atoms with Crippen LogP contribution in [0.1, 0.15) is 35.0 Å². The van der Waals surface area contributed by atoms with Crippen LogP contribution in [-0.4, -0.2) is 41.1 Å². The Hall–Kier alpha value is -1.69. The van der Waals surface area contributed by atoms with Gasteiger partial charge in [-0.25, -0.2) is 4.79 Å². The predicted octanol–water partition coefficient (Wildman–Crippen LogP) is 1.60. The number of hydrogen-bond acceptors (Lipinski definition) is 5. The minimum atomic E-state index is -1.06. The molecule has 0 aliphatic heterocycles. The Kier molecular flexibility index (Phi) is 5.51. The molecule has 1 aromatic heterocycles. The average Bonchev–Trinajstić information content (AvgIpc) is 2.33. The third-order valence-corrected chi connectivity index (χ3v) is 2.45. The van der Waals surface area contributed by atoms with Gasteiger partial charge in [-0.1, -0.05) is 6.92 Å². The van der Waals surface area contributed by atoms with Gasteiger partial charge < -0.3 is 14.6 Å². The number of carboxylic acids is 1. The second kappa shape index (κ2) is 6.90. The van der Waals surface area contributed by atoms with Crippen LogP contribution in [0.5, 0.6) is 5.88 Å². The first-order valence-corrected chi connectivity index (χ1v) is 5.85. The Bertz CT molecular complexity index is 421. The number of hydrogen-bond donors (Lipinski definition) is 1. The maximum absolute atomic E-state index is 11.2. The molecule has 6 heteroatoms. The van der Waals surface area contributed by atoms with Crippen LogP contribution in [0.15, 0.2) is 0 Å². The normalized spacial score (nSPS) is 10.4. The molecule has 0 bridgehead atoms. The number of carbonyl (C=O) groups is 1. The second-order valence-electron chi connectivity index (χ2n) is 3.86. The summed E-state index contributed by atoms with van der Waals surface area (Å²) >= 11 is 0. The molecule has 0 atom stereocenters. The van der Waals surface area contributed by atoms with Crippen LogP contribution < -0.4 is 4.74 Å². The molecule has 0 aliphatic rings. The van der Waals surface area contributed by atoms with Crippen molar-refractivity contribution in [1.82, 2.24) is 10.2 Å². The Morgan fingerprint density at radius 3 is 2.56 bits per heavy atom. The fraction of sp³-hybridized carbons (Fsp3) is 0.583. The first-order chi connectivity index (χ1) is 8.57. The summed E-state index contributed by atoms with van der Waals surface area (Å²) in [6.45, 7) is 6.74.